The predicted molar refractivity (Wildman–Crippen MR) is 70.2 cm³/mol. The average molecular weight is 271 g/mol. The van der Waals surface area contributed by atoms with Crippen molar-refractivity contribution in [2.45, 2.75) is 25.4 Å². The largest absolute Gasteiger partial charge is 0.384 e. The maximum absolute atomic E-state index is 10.6. The highest BCUT2D eigenvalue weighted by Crippen LogP contribution is 2.26. The molecule has 18 heavy (non-hydrogen) atoms. The van der Waals surface area contributed by atoms with E-state index in [-0.39, 0.29) is 5.69 Å². The summed E-state index contributed by atoms with van der Waals surface area (Å²) in [6.45, 7) is 1.60. The van der Waals surface area contributed by atoms with E-state index in [0.717, 1.165) is 38.1 Å². The van der Waals surface area contributed by atoms with Crippen LogP contribution in [0.25, 0.3) is 0 Å². The Morgan fingerprint density at radius 2 is 2.39 bits per heavy atom. The fraction of sp³-hybridized carbons (Fsp3) is 0.500. The molecule has 1 saturated heterocycles. The van der Waals surface area contributed by atoms with Crippen LogP contribution in [-0.2, 0) is 4.74 Å². The summed E-state index contributed by atoms with van der Waals surface area (Å²) < 4.78 is 5.51. The third-order valence-electron chi connectivity index (χ3n) is 2.97. The molecule has 0 spiro atoms. The number of anilines is 1. The Morgan fingerprint density at radius 3 is 3.00 bits per heavy atom. The maximum atomic E-state index is 10.6. The maximum Gasteiger partial charge on any atom is 0.271 e. The number of ether oxygens (including phenoxy) is 1. The highest BCUT2D eigenvalue weighted by Gasteiger charge is 2.15. The molecule has 98 valence electrons. The molecule has 0 bridgehead atoms. The van der Waals surface area contributed by atoms with E-state index in [2.05, 4.69) is 5.32 Å². The van der Waals surface area contributed by atoms with Gasteiger partial charge in [-0.1, -0.05) is 11.6 Å². The van der Waals surface area contributed by atoms with E-state index in [1.54, 1.807) is 6.07 Å². The minimum atomic E-state index is -0.456. The number of nitro groups is 1. The number of rotatable bonds is 5. The molecule has 5 nitrogen and oxygen atoms in total. The van der Waals surface area contributed by atoms with Crippen LogP contribution in [-0.4, -0.2) is 24.2 Å². The van der Waals surface area contributed by atoms with Crippen molar-refractivity contribution in [2.24, 2.45) is 0 Å². The number of nitro benzene ring substituents is 1. The summed E-state index contributed by atoms with van der Waals surface area (Å²) in [5.41, 5.74) is 0.727. The van der Waals surface area contributed by atoms with Crippen molar-refractivity contribution in [1.82, 2.24) is 0 Å². The van der Waals surface area contributed by atoms with Gasteiger partial charge in [0.15, 0.2) is 0 Å². The molecule has 0 amide bonds. The summed E-state index contributed by atoms with van der Waals surface area (Å²) in [5.74, 6) is 0. The molecule has 0 saturated carbocycles. The second-order valence-electron chi connectivity index (χ2n) is 4.27. The first-order valence-electron chi connectivity index (χ1n) is 5.96. The summed E-state index contributed by atoms with van der Waals surface area (Å²) in [5, 5.41) is 14.1. The van der Waals surface area contributed by atoms with Gasteiger partial charge in [-0.15, -0.1) is 0 Å². The number of benzene rings is 1. The monoisotopic (exact) mass is 270 g/mol. The van der Waals surface area contributed by atoms with E-state index in [1.165, 1.54) is 12.1 Å². The Kier molecular flexibility index (Phi) is 4.38. The number of hydrogen-bond acceptors (Lipinski definition) is 4. The molecule has 6 heteroatoms. The quantitative estimate of drug-likeness (QED) is 0.659. The van der Waals surface area contributed by atoms with Crippen molar-refractivity contribution < 1.29 is 9.66 Å². The highest BCUT2D eigenvalue weighted by atomic mass is 35.5. The zero-order chi connectivity index (χ0) is 13.0. The Labute approximate surface area is 110 Å². The molecule has 1 aliphatic heterocycles. The highest BCUT2D eigenvalue weighted by molar-refractivity contribution is 6.33. The van der Waals surface area contributed by atoms with E-state index >= 15 is 0 Å². The fourth-order valence-electron chi connectivity index (χ4n) is 2.00. The second kappa shape index (κ2) is 6.02. The molecule has 2 rings (SSSR count). The van der Waals surface area contributed by atoms with Gasteiger partial charge in [-0.25, -0.2) is 0 Å². The van der Waals surface area contributed by atoms with Crippen LogP contribution in [0.3, 0.4) is 0 Å². The Bertz CT molecular complexity index is 433. The first-order valence-corrected chi connectivity index (χ1v) is 6.34. The standard InChI is InChI=1S/C12H15ClN2O3/c13-11-8-9(15(16)17)3-4-12(11)14-6-5-10-2-1-7-18-10/h3-4,8,10,14H,1-2,5-7H2. The molecular weight excluding hydrogens is 256 g/mol. The summed E-state index contributed by atoms with van der Waals surface area (Å²) >= 11 is 5.97. The summed E-state index contributed by atoms with van der Waals surface area (Å²) in [4.78, 5) is 10.1. The van der Waals surface area contributed by atoms with Crippen LogP contribution in [0, 0.1) is 10.1 Å². The zero-order valence-corrected chi connectivity index (χ0v) is 10.7. The number of hydrogen-bond donors (Lipinski definition) is 1. The van der Waals surface area contributed by atoms with Crippen LogP contribution in [0.1, 0.15) is 19.3 Å². The van der Waals surface area contributed by atoms with Gasteiger partial charge in [0.25, 0.3) is 5.69 Å². The van der Waals surface area contributed by atoms with Crippen LogP contribution < -0.4 is 5.32 Å². The molecule has 1 atom stereocenters. The predicted octanol–water partition coefficient (Wildman–Crippen LogP) is 3.23. The molecule has 1 aromatic carbocycles. The number of non-ortho nitro benzene ring substituents is 1. The zero-order valence-electron chi connectivity index (χ0n) is 9.89. The summed E-state index contributed by atoms with van der Waals surface area (Å²) in [7, 11) is 0. The van der Waals surface area contributed by atoms with Crippen molar-refractivity contribution in [2.75, 3.05) is 18.5 Å². The molecule has 0 aromatic heterocycles. The van der Waals surface area contributed by atoms with Crippen molar-refractivity contribution in [1.29, 1.82) is 0 Å². The van der Waals surface area contributed by atoms with Gasteiger partial charge < -0.3 is 10.1 Å². The summed E-state index contributed by atoms with van der Waals surface area (Å²) in [6.07, 6.45) is 3.49. The van der Waals surface area contributed by atoms with Gasteiger partial charge in [-0.3, -0.25) is 10.1 Å². The Balaban J connectivity index is 1.87. The van der Waals surface area contributed by atoms with E-state index in [1.807, 2.05) is 0 Å². The third-order valence-corrected chi connectivity index (χ3v) is 3.28. The number of nitrogens with one attached hydrogen (secondary N) is 1. The molecular formula is C12H15ClN2O3. The minimum Gasteiger partial charge on any atom is -0.384 e. The van der Waals surface area contributed by atoms with Gasteiger partial charge in [0.1, 0.15) is 0 Å². The first-order chi connectivity index (χ1) is 8.66. The van der Waals surface area contributed by atoms with Crippen LogP contribution in [0.2, 0.25) is 5.02 Å². The molecule has 1 aromatic rings. The Hall–Kier alpha value is -1.33. The van der Waals surface area contributed by atoms with E-state index in [4.69, 9.17) is 16.3 Å². The van der Waals surface area contributed by atoms with E-state index < -0.39 is 4.92 Å². The number of halogens is 1. The SMILES string of the molecule is O=[N+]([O-])c1ccc(NCCC2CCCO2)c(Cl)c1. The van der Waals surface area contributed by atoms with E-state index in [9.17, 15) is 10.1 Å². The van der Waals surface area contributed by atoms with Crippen molar-refractivity contribution in [3.05, 3.63) is 33.3 Å². The van der Waals surface area contributed by atoms with Gasteiger partial charge in [-0.2, -0.15) is 0 Å². The Morgan fingerprint density at radius 1 is 1.56 bits per heavy atom. The number of nitrogens with zero attached hydrogens (tertiary/aromatic N) is 1. The lowest BCUT2D eigenvalue weighted by Crippen LogP contribution is -2.12. The lowest BCUT2D eigenvalue weighted by atomic mass is 10.2. The summed E-state index contributed by atoms with van der Waals surface area (Å²) in [6, 6.07) is 4.44. The van der Waals surface area contributed by atoms with E-state index in [0.29, 0.717) is 11.1 Å². The van der Waals surface area contributed by atoms with Crippen molar-refractivity contribution in [3.63, 3.8) is 0 Å². The molecule has 0 radical (unpaired) electrons. The minimum absolute atomic E-state index is 0.00433. The lowest BCUT2D eigenvalue weighted by Gasteiger charge is -2.11. The molecule has 1 heterocycles. The fourth-order valence-corrected chi connectivity index (χ4v) is 2.24. The van der Waals surface area contributed by atoms with Crippen LogP contribution in [0.4, 0.5) is 11.4 Å². The third kappa shape index (κ3) is 3.34. The molecule has 1 aliphatic rings. The van der Waals surface area contributed by atoms with Crippen molar-refractivity contribution in [3.8, 4) is 0 Å². The smallest absolute Gasteiger partial charge is 0.271 e. The second-order valence-corrected chi connectivity index (χ2v) is 4.68. The van der Waals surface area contributed by atoms with Crippen LogP contribution >= 0.6 is 11.6 Å². The van der Waals surface area contributed by atoms with Gasteiger partial charge in [0.2, 0.25) is 0 Å². The molecule has 1 unspecified atom stereocenters. The molecule has 0 aliphatic carbocycles. The van der Waals surface area contributed by atoms with Gasteiger partial charge in [0, 0.05) is 25.3 Å². The van der Waals surface area contributed by atoms with Crippen molar-refractivity contribution >= 4 is 23.0 Å². The van der Waals surface area contributed by atoms with Gasteiger partial charge in [0.05, 0.1) is 21.7 Å². The lowest BCUT2D eigenvalue weighted by molar-refractivity contribution is -0.384. The van der Waals surface area contributed by atoms with Gasteiger partial charge in [-0.05, 0) is 25.3 Å². The average Bonchev–Trinajstić information content (AvgIpc) is 2.84. The normalized spacial score (nSPS) is 18.8. The molecule has 1 N–H and O–H groups in total. The first kappa shape index (κ1) is 13.1. The van der Waals surface area contributed by atoms with Gasteiger partial charge >= 0.3 is 0 Å². The molecule has 1 fully saturated rings. The van der Waals surface area contributed by atoms with Crippen LogP contribution in [0.5, 0.6) is 0 Å². The van der Waals surface area contributed by atoms with Crippen LogP contribution in [0.15, 0.2) is 18.2 Å². The topological polar surface area (TPSA) is 64.4 Å².